The third-order valence-corrected chi connectivity index (χ3v) is 9.56. The van der Waals surface area contributed by atoms with Crippen LogP contribution in [0.2, 0.25) is 0 Å². The lowest BCUT2D eigenvalue weighted by molar-refractivity contribution is 0.460. The summed E-state index contributed by atoms with van der Waals surface area (Å²) in [6.45, 7) is 1.96. The lowest BCUT2D eigenvalue weighted by atomic mass is 10.0. The fourth-order valence-corrected chi connectivity index (χ4v) is 6.98. The van der Waals surface area contributed by atoms with Crippen molar-refractivity contribution in [3.63, 3.8) is 0 Å². The number of fused-ring (bicyclic) bond motifs is 3. The van der Waals surface area contributed by atoms with Gasteiger partial charge in [0.05, 0.1) is 41.0 Å². The molecule has 232 valence electrons. The first-order valence-corrected chi connectivity index (χ1v) is 15.9. The van der Waals surface area contributed by atoms with Gasteiger partial charge in [-0.05, 0) is 80.4 Å². The second kappa shape index (κ2) is 12.5. The first-order valence-electron chi connectivity index (χ1n) is 14.5. The molecule has 0 fully saturated rings. The van der Waals surface area contributed by atoms with Crippen LogP contribution < -0.4 is 5.32 Å². The summed E-state index contributed by atoms with van der Waals surface area (Å²) in [7, 11) is -4.09. The number of aromatic nitrogens is 3. The lowest BCUT2D eigenvalue weighted by Crippen LogP contribution is -2.19. The molecule has 45 heavy (non-hydrogen) atoms. The Morgan fingerprint density at radius 2 is 1.56 bits per heavy atom. The maximum atomic E-state index is 16.7. The molecule has 6 nitrogen and oxygen atoms in total. The predicted octanol–water partition coefficient (Wildman–Crippen LogP) is 7.16. The second-order valence-corrected chi connectivity index (χ2v) is 12.6. The highest BCUT2D eigenvalue weighted by Crippen LogP contribution is 2.39. The topological polar surface area (TPSA) is 68.9 Å². The molecule has 0 amide bonds. The number of alkyl halides is 1. The molecule has 4 aromatic carbocycles. The Balaban J connectivity index is 1.49. The standard InChI is InChI=1S/C34H30F4N4O2S/c1-22-8-5-6-11-25(22)34-33(38)32-26-20-40-42(45(43,44)24-9-3-2-4-10-24)30(26)12-13-31(32)41(34)21-27-28(36)18-23(19-29(27)37)14-17-39-16-7-15-35/h2-6,8-13,18-20,39H,7,14-17,21H2,1H3. The van der Waals surface area contributed by atoms with Gasteiger partial charge in [0.15, 0.2) is 5.82 Å². The Hall–Kier alpha value is -4.48. The molecule has 0 aliphatic heterocycles. The second-order valence-electron chi connectivity index (χ2n) is 10.8. The van der Waals surface area contributed by atoms with Crippen LogP contribution in [0.15, 0.2) is 90.0 Å². The number of nitrogens with one attached hydrogen (secondary N) is 1. The maximum absolute atomic E-state index is 16.7. The summed E-state index contributed by atoms with van der Waals surface area (Å²) in [5.41, 5.74) is 2.09. The third kappa shape index (κ3) is 5.62. The molecule has 0 aliphatic carbocycles. The van der Waals surface area contributed by atoms with Gasteiger partial charge in [0.1, 0.15) is 11.6 Å². The van der Waals surface area contributed by atoms with Gasteiger partial charge < -0.3 is 9.88 Å². The lowest BCUT2D eigenvalue weighted by Gasteiger charge is -2.15. The van der Waals surface area contributed by atoms with Crippen molar-refractivity contribution < 1.29 is 26.0 Å². The molecule has 2 aromatic heterocycles. The van der Waals surface area contributed by atoms with Gasteiger partial charge in [-0.25, -0.2) is 13.2 Å². The number of benzene rings is 4. The molecular formula is C34H30F4N4O2S. The van der Waals surface area contributed by atoms with Crippen LogP contribution in [0.1, 0.15) is 23.1 Å². The van der Waals surface area contributed by atoms with E-state index < -0.39 is 34.1 Å². The Bertz CT molecular complexity index is 2100. The summed E-state index contributed by atoms with van der Waals surface area (Å²) in [5, 5.41) is 7.52. The average Bonchev–Trinajstić information content (AvgIpc) is 3.59. The fourth-order valence-electron chi connectivity index (χ4n) is 5.69. The third-order valence-electron chi connectivity index (χ3n) is 7.95. The van der Waals surface area contributed by atoms with Crippen molar-refractivity contribution in [3.05, 3.63) is 119 Å². The van der Waals surface area contributed by atoms with Crippen molar-refractivity contribution in [2.45, 2.75) is 31.2 Å². The van der Waals surface area contributed by atoms with Gasteiger partial charge in [0, 0.05) is 21.9 Å². The van der Waals surface area contributed by atoms with Gasteiger partial charge in [-0.15, -0.1) is 0 Å². The highest BCUT2D eigenvalue weighted by atomic mass is 32.2. The molecule has 0 saturated carbocycles. The van der Waals surface area contributed by atoms with E-state index in [1.165, 1.54) is 41.1 Å². The number of aryl methyl sites for hydroxylation is 1. The highest BCUT2D eigenvalue weighted by Gasteiger charge is 2.27. The zero-order valence-corrected chi connectivity index (χ0v) is 25.2. The van der Waals surface area contributed by atoms with Gasteiger partial charge in [0.2, 0.25) is 0 Å². The highest BCUT2D eigenvalue weighted by molar-refractivity contribution is 7.90. The molecule has 0 spiro atoms. The molecule has 0 aliphatic rings. The van der Waals surface area contributed by atoms with E-state index in [2.05, 4.69) is 10.4 Å². The quantitative estimate of drug-likeness (QED) is 0.121. The van der Waals surface area contributed by atoms with Crippen molar-refractivity contribution in [2.24, 2.45) is 0 Å². The molecule has 2 heterocycles. The van der Waals surface area contributed by atoms with Crippen LogP contribution in [-0.2, 0) is 23.0 Å². The normalized spacial score (nSPS) is 12.0. The van der Waals surface area contributed by atoms with E-state index in [0.29, 0.717) is 42.6 Å². The number of rotatable bonds is 11. The number of hydrogen-bond acceptors (Lipinski definition) is 4. The molecule has 11 heteroatoms. The maximum Gasteiger partial charge on any atom is 0.283 e. The van der Waals surface area contributed by atoms with Crippen LogP contribution in [0.3, 0.4) is 0 Å². The average molecular weight is 635 g/mol. The van der Waals surface area contributed by atoms with Gasteiger partial charge in [0.25, 0.3) is 10.0 Å². The molecule has 0 saturated heterocycles. The van der Waals surface area contributed by atoms with E-state index in [0.717, 1.165) is 9.65 Å². The summed E-state index contributed by atoms with van der Waals surface area (Å²) in [5.74, 6) is -2.19. The smallest absolute Gasteiger partial charge is 0.283 e. The zero-order valence-electron chi connectivity index (χ0n) is 24.4. The van der Waals surface area contributed by atoms with Crippen molar-refractivity contribution >= 4 is 31.8 Å². The predicted molar refractivity (Wildman–Crippen MR) is 167 cm³/mol. The Labute approximate surface area is 258 Å². The number of hydrogen-bond donors (Lipinski definition) is 1. The zero-order chi connectivity index (χ0) is 31.7. The van der Waals surface area contributed by atoms with Crippen LogP contribution in [0, 0.1) is 24.4 Å². The number of halogens is 4. The summed E-state index contributed by atoms with van der Waals surface area (Å²) in [6.07, 6.45) is 2.01. The van der Waals surface area contributed by atoms with Crippen LogP contribution in [0.5, 0.6) is 0 Å². The largest absolute Gasteiger partial charge is 0.333 e. The van der Waals surface area contributed by atoms with E-state index in [1.807, 2.05) is 19.1 Å². The van der Waals surface area contributed by atoms with Gasteiger partial charge in [-0.1, -0.05) is 42.5 Å². The molecule has 6 rings (SSSR count). The Morgan fingerprint density at radius 3 is 2.27 bits per heavy atom. The van der Waals surface area contributed by atoms with Crippen LogP contribution >= 0.6 is 0 Å². The van der Waals surface area contributed by atoms with E-state index >= 15 is 13.2 Å². The molecule has 0 radical (unpaired) electrons. The molecule has 0 atom stereocenters. The van der Waals surface area contributed by atoms with E-state index in [1.54, 1.807) is 36.4 Å². The minimum absolute atomic E-state index is 0.0266. The van der Waals surface area contributed by atoms with Gasteiger partial charge in [-0.3, -0.25) is 4.39 Å². The molecular weight excluding hydrogens is 604 g/mol. The minimum atomic E-state index is -4.09. The summed E-state index contributed by atoms with van der Waals surface area (Å²) in [4.78, 5) is 0.0266. The number of nitrogens with zero attached hydrogens (tertiary/aromatic N) is 3. The molecule has 0 bridgehead atoms. The van der Waals surface area contributed by atoms with E-state index in [9.17, 15) is 12.8 Å². The van der Waals surface area contributed by atoms with Crippen molar-refractivity contribution in [2.75, 3.05) is 19.8 Å². The van der Waals surface area contributed by atoms with E-state index in [-0.39, 0.29) is 39.0 Å². The summed E-state index contributed by atoms with van der Waals surface area (Å²) >= 11 is 0. The Morgan fingerprint density at radius 1 is 0.867 bits per heavy atom. The summed E-state index contributed by atoms with van der Waals surface area (Å²) < 4.78 is 89.2. The van der Waals surface area contributed by atoms with Crippen molar-refractivity contribution in [3.8, 4) is 11.3 Å². The van der Waals surface area contributed by atoms with Crippen LogP contribution in [0.4, 0.5) is 17.6 Å². The minimum Gasteiger partial charge on any atom is -0.333 e. The van der Waals surface area contributed by atoms with Gasteiger partial charge >= 0.3 is 0 Å². The van der Waals surface area contributed by atoms with Crippen molar-refractivity contribution in [1.29, 1.82) is 0 Å². The molecule has 0 unspecified atom stereocenters. The molecule has 1 N–H and O–H groups in total. The van der Waals surface area contributed by atoms with E-state index in [4.69, 9.17) is 0 Å². The first-order chi connectivity index (χ1) is 21.7. The van der Waals surface area contributed by atoms with Crippen LogP contribution in [0.25, 0.3) is 33.1 Å². The fraction of sp³-hybridized carbons (Fsp3) is 0.206. The Kier molecular flexibility index (Phi) is 8.48. The monoisotopic (exact) mass is 634 g/mol. The van der Waals surface area contributed by atoms with Crippen molar-refractivity contribution in [1.82, 2.24) is 19.1 Å². The van der Waals surface area contributed by atoms with Gasteiger partial charge in [-0.2, -0.15) is 17.6 Å². The molecule has 6 aromatic rings. The SMILES string of the molecule is Cc1ccccc1-c1c(F)c2c3cnn(S(=O)(=O)c4ccccc4)c3ccc2n1Cc1c(F)cc(CCNCCCF)cc1F. The first kappa shape index (κ1) is 30.5. The van der Waals surface area contributed by atoms with Crippen LogP contribution in [-0.4, -0.2) is 41.9 Å². The summed E-state index contributed by atoms with van der Waals surface area (Å²) in [6, 6.07) is 20.5.